The Morgan fingerprint density at radius 3 is 1.68 bits per heavy atom. The molecule has 2 unspecified atom stereocenters. The molecule has 0 bridgehead atoms. The minimum Gasteiger partial charge on any atom is -0.508 e. The molecule has 2 saturated heterocycles. The van der Waals surface area contributed by atoms with Crippen LogP contribution in [0, 0.1) is 13.8 Å². The number of nitrogens with zero attached hydrogens (tertiary/aromatic N) is 4. The van der Waals surface area contributed by atoms with Crippen LogP contribution in [0.1, 0.15) is 103 Å². The first-order valence-corrected chi connectivity index (χ1v) is 26.4. The monoisotopic (exact) mass is 1040 g/mol. The largest absolute Gasteiger partial charge is 0.508 e. The number of hydrogen-bond donors (Lipinski definition) is 6. The summed E-state index contributed by atoms with van der Waals surface area (Å²) in [6.07, 6.45) is 10.3. The van der Waals surface area contributed by atoms with Crippen molar-refractivity contribution >= 4 is 23.6 Å². The van der Waals surface area contributed by atoms with Gasteiger partial charge in [0, 0.05) is 50.6 Å². The lowest BCUT2D eigenvalue weighted by atomic mass is 9.82. The molecule has 8 rings (SSSR count). The van der Waals surface area contributed by atoms with Gasteiger partial charge in [0.2, 0.25) is 23.6 Å². The van der Waals surface area contributed by atoms with E-state index < -0.39 is 35.3 Å². The highest BCUT2D eigenvalue weighted by Gasteiger charge is 2.51. The molecule has 17 heteroatoms. The van der Waals surface area contributed by atoms with Gasteiger partial charge in [-0.25, -0.2) is 9.97 Å². The highest BCUT2D eigenvalue weighted by Crippen LogP contribution is 2.40. The van der Waals surface area contributed by atoms with Crippen LogP contribution in [0.25, 0.3) is 0 Å². The van der Waals surface area contributed by atoms with E-state index in [1.54, 1.807) is 59.9 Å². The first-order valence-electron chi connectivity index (χ1n) is 26.4. The first kappa shape index (κ1) is 56.4. The number of unbranched alkanes of at least 4 members (excludes halogenated alkanes) is 2. The van der Waals surface area contributed by atoms with Crippen molar-refractivity contribution in [3.63, 3.8) is 0 Å². The molecule has 76 heavy (non-hydrogen) atoms. The number of aromatic nitrogens is 4. The Hall–Kier alpha value is -7.34. The van der Waals surface area contributed by atoms with E-state index in [1.807, 2.05) is 48.5 Å². The maximum atomic E-state index is 13.8. The van der Waals surface area contributed by atoms with Gasteiger partial charge < -0.3 is 54.8 Å². The van der Waals surface area contributed by atoms with Crippen LogP contribution >= 0.6 is 0 Å². The SMILES string of the molecule is CCCCOC1(c2ccccc2C)CN(C(=O)C(Cc2ccc(O)cc2)NC(=O)CCc2cnc[nH]2)C1.CCCCOC1(c2ccccc2C)CN(C(=O)[C@@H](Cc2ccc(OC)cc2)NC(=O)CC(O)c2c[nH]cn2)C1. The van der Waals surface area contributed by atoms with Crippen LogP contribution in [0.4, 0.5) is 0 Å². The maximum Gasteiger partial charge on any atom is 0.245 e. The highest BCUT2D eigenvalue weighted by atomic mass is 16.5. The molecule has 0 aliphatic carbocycles. The number of carbonyl (C=O) groups is 4. The molecule has 4 amide bonds. The number of aromatic hydroxyl groups is 1. The molecule has 404 valence electrons. The fourth-order valence-corrected chi connectivity index (χ4v) is 9.75. The zero-order valence-corrected chi connectivity index (χ0v) is 44.4. The van der Waals surface area contributed by atoms with Crippen molar-refractivity contribution in [2.45, 2.75) is 115 Å². The smallest absolute Gasteiger partial charge is 0.245 e. The maximum absolute atomic E-state index is 13.8. The lowest BCUT2D eigenvalue weighted by Gasteiger charge is -2.51. The number of aliphatic hydroxyl groups is 1. The number of carbonyl (C=O) groups excluding carboxylic acids is 4. The van der Waals surface area contributed by atoms with Crippen LogP contribution in [0.3, 0.4) is 0 Å². The molecule has 4 aromatic carbocycles. The molecule has 4 heterocycles. The highest BCUT2D eigenvalue weighted by molar-refractivity contribution is 5.89. The van der Waals surface area contributed by atoms with Crippen LogP contribution in [-0.2, 0) is 59.1 Å². The first-order chi connectivity index (χ1) is 36.7. The topological polar surface area (TPSA) is 224 Å². The minimum atomic E-state index is -1.07. The molecule has 3 atom stereocenters. The fourth-order valence-electron chi connectivity index (χ4n) is 9.75. The van der Waals surface area contributed by atoms with Crippen molar-refractivity contribution in [1.82, 2.24) is 40.4 Å². The Morgan fingerprint density at radius 2 is 1.22 bits per heavy atom. The number of amides is 4. The Kier molecular flexibility index (Phi) is 20.0. The summed E-state index contributed by atoms with van der Waals surface area (Å²) in [5.41, 5.74) is 6.32. The van der Waals surface area contributed by atoms with E-state index in [0.717, 1.165) is 64.8 Å². The van der Waals surface area contributed by atoms with Gasteiger partial charge in [-0.2, -0.15) is 0 Å². The van der Waals surface area contributed by atoms with Crippen LogP contribution in [0.15, 0.2) is 122 Å². The number of H-pyrrole nitrogens is 2. The lowest BCUT2D eigenvalue weighted by Crippen LogP contribution is -2.66. The van der Waals surface area contributed by atoms with Gasteiger partial charge in [0.15, 0.2) is 0 Å². The number of phenols is 1. The number of imidazole rings is 2. The number of methoxy groups -OCH3 is 1. The molecule has 17 nitrogen and oxygen atoms in total. The molecular formula is C59H74N8O9. The predicted molar refractivity (Wildman–Crippen MR) is 288 cm³/mol. The number of likely N-dealkylation sites (tertiary alicyclic amines) is 2. The van der Waals surface area contributed by atoms with Gasteiger partial charge in [0.1, 0.15) is 40.9 Å². The van der Waals surface area contributed by atoms with E-state index in [4.69, 9.17) is 14.2 Å². The average Bonchev–Trinajstić information content (AvgIpc) is 4.15. The Bertz CT molecular complexity index is 2770. The van der Waals surface area contributed by atoms with Crippen molar-refractivity contribution in [3.05, 3.63) is 167 Å². The zero-order chi connectivity index (χ0) is 54.1. The van der Waals surface area contributed by atoms with Crippen molar-refractivity contribution in [2.24, 2.45) is 0 Å². The summed E-state index contributed by atoms with van der Waals surface area (Å²) in [7, 11) is 1.60. The third kappa shape index (κ3) is 14.7. The number of ether oxygens (including phenoxy) is 3. The van der Waals surface area contributed by atoms with Gasteiger partial charge in [-0.1, -0.05) is 99.5 Å². The average molecular weight is 1040 g/mol. The number of phenolic OH excluding ortho intramolecular Hbond substituents is 1. The van der Waals surface area contributed by atoms with Crippen molar-refractivity contribution in [3.8, 4) is 11.5 Å². The van der Waals surface area contributed by atoms with E-state index in [0.29, 0.717) is 70.1 Å². The molecule has 0 radical (unpaired) electrons. The van der Waals surface area contributed by atoms with Crippen LogP contribution in [0.2, 0.25) is 0 Å². The van der Waals surface area contributed by atoms with Gasteiger partial charge in [-0.05, 0) is 90.8 Å². The van der Waals surface area contributed by atoms with Gasteiger partial charge in [0.05, 0.1) is 58.1 Å². The van der Waals surface area contributed by atoms with E-state index in [2.05, 4.69) is 82.5 Å². The third-order valence-corrected chi connectivity index (χ3v) is 14.1. The van der Waals surface area contributed by atoms with Gasteiger partial charge in [-0.15, -0.1) is 0 Å². The van der Waals surface area contributed by atoms with Gasteiger partial charge in [-0.3, -0.25) is 19.2 Å². The molecule has 2 aliphatic heterocycles. The summed E-state index contributed by atoms with van der Waals surface area (Å²) in [6.45, 7) is 11.3. The molecular weight excluding hydrogens is 965 g/mol. The number of aliphatic hydroxyl groups excluding tert-OH is 1. The number of benzene rings is 4. The van der Waals surface area contributed by atoms with Crippen LogP contribution < -0.4 is 15.4 Å². The van der Waals surface area contributed by atoms with E-state index in [1.165, 1.54) is 6.33 Å². The van der Waals surface area contributed by atoms with E-state index >= 15 is 0 Å². The molecule has 2 aliphatic rings. The second kappa shape index (κ2) is 26.9. The Morgan fingerprint density at radius 1 is 0.711 bits per heavy atom. The molecule has 6 N–H and O–H groups in total. The number of aromatic amines is 2. The van der Waals surface area contributed by atoms with Crippen molar-refractivity contribution in [1.29, 1.82) is 0 Å². The summed E-state index contributed by atoms with van der Waals surface area (Å²) in [4.78, 5) is 70.5. The van der Waals surface area contributed by atoms with Crippen molar-refractivity contribution < 1.29 is 43.6 Å². The molecule has 0 spiro atoms. The van der Waals surface area contributed by atoms with Gasteiger partial charge >= 0.3 is 0 Å². The van der Waals surface area contributed by atoms with E-state index in [-0.39, 0.29) is 36.3 Å². The Balaban J connectivity index is 0.000000221. The number of rotatable bonds is 25. The standard InChI is InChI=1S/C30H38N4O5.C29H36N4O4/c1-4-5-14-39-30(24-9-7-6-8-21(24)2)18-34(19-30)29(37)25(15-22-10-12-23(38-3)13-11-22)33-28(36)16-27(35)26-17-31-20-32-26;1-3-4-15-37-29(25-8-6-5-7-21(25)2)18-33(19-29)28(36)26(16-22-9-12-24(34)13-10-22)32-27(35)14-11-23-17-30-20-31-23/h6-13,17,20,25,27,35H,4-5,14-16,18-19H2,1-3H3,(H,31,32)(H,33,36);5-10,12-13,17,20,26,34H,3-4,11,14-16,18-19H2,1-2H3,(H,30,31)(H,32,35)/t25-,27?;/m1./s1. The lowest BCUT2D eigenvalue weighted by molar-refractivity contribution is -0.175. The summed E-state index contributed by atoms with van der Waals surface area (Å²) >= 11 is 0. The fraction of sp³-hybridized carbons (Fsp3) is 0.424. The Labute approximate surface area is 445 Å². The third-order valence-electron chi connectivity index (χ3n) is 14.1. The quantitative estimate of drug-likeness (QED) is 0.0318. The summed E-state index contributed by atoms with van der Waals surface area (Å²) < 4.78 is 18.1. The normalized spacial score (nSPS) is 15.4. The molecule has 2 aromatic heterocycles. The number of nitrogens with one attached hydrogen (secondary N) is 4. The second-order valence-corrected chi connectivity index (χ2v) is 19.9. The minimum absolute atomic E-state index is 0.133. The summed E-state index contributed by atoms with van der Waals surface area (Å²) in [5.74, 6) is -0.0742. The molecule has 2 fully saturated rings. The second-order valence-electron chi connectivity index (χ2n) is 19.9. The molecule has 0 saturated carbocycles. The van der Waals surface area contributed by atoms with Crippen LogP contribution in [0.5, 0.6) is 11.5 Å². The summed E-state index contributed by atoms with van der Waals surface area (Å²) in [6, 6.07) is 28.9. The van der Waals surface area contributed by atoms with Crippen LogP contribution in [-0.4, -0.2) is 122 Å². The number of hydrogen-bond acceptors (Lipinski definition) is 11. The predicted octanol–water partition coefficient (Wildman–Crippen LogP) is 7.07. The summed E-state index contributed by atoms with van der Waals surface area (Å²) in [5, 5.41) is 25.9. The van der Waals surface area contributed by atoms with Gasteiger partial charge in [0.25, 0.3) is 0 Å². The number of aryl methyl sites for hydroxylation is 3. The van der Waals surface area contributed by atoms with E-state index in [9.17, 15) is 29.4 Å². The zero-order valence-electron chi connectivity index (χ0n) is 44.4. The molecule has 6 aromatic rings. The van der Waals surface area contributed by atoms with Crippen molar-refractivity contribution in [2.75, 3.05) is 46.5 Å².